The molecule has 1 saturated heterocycles. The zero-order chi connectivity index (χ0) is 18.3. The van der Waals surface area contributed by atoms with Gasteiger partial charge in [-0.2, -0.15) is 0 Å². The second-order valence-corrected chi connectivity index (χ2v) is 6.91. The van der Waals surface area contributed by atoms with Gasteiger partial charge in [-0.25, -0.2) is 0 Å². The highest BCUT2D eigenvalue weighted by molar-refractivity contribution is 7.80. The Kier molecular flexibility index (Phi) is 4.12. The van der Waals surface area contributed by atoms with E-state index >= 15 is 0 Å². The highest BCUT2D eigenvalue weighted by Crippen LogP contribution is 2.31. The SMILES string of the molecule is O=C1N[C@H](N2C(=O)c3ccccc3C2=O)[C@@H]1CCC(=S)c1ccccc1. The number of carbonyl (C=O) groups is 3. The first-order valence-corrected chi connectivity index (χ1v) is 8.84. The molecule has 1 fully saturated rings. The fraction of sp³-hybridized carbons (Fsp3) is 0.200. The van der Waals surface area contributed by atoms with Crippen molar-refractivity contribution in [1.82, 2.24) is 10.2 Å². The number of amides is 3. The normalized spacial score (nSPS) is 21.2. The number of thiocarbonyl (C=S) groups is 1. The number of hydrogen-bond donors (Lipinski definition) is 1. The van der Waals surface area contributed by atoms with Crippen molar-refractivity contribution < 1.29 is 14.4 Å². The number of fused-ring (bicyclic) bond motifs is 1. The third kappa shape index (κ3) is 2.63. The maximum absolute atomic E-state index is 12.6. The number of nitrogens with zero attached hydrogens (tertiary/aromatic N) is 1. The largest absolute Gasteiger partial charge is 0.334 e. The van der Waals surface area contributed by atoms with Gasteiger partial charge < -0.3 is 5.32 Å². The Hall–Kier alpha value is -2.86. The van der Waals surface area contributed by atoms with E-state index in [9.17, 15) is 14.4 Å². The summed E-state index contributed by atoms with van der Waals surface area (Å²) in [6.07, 6.45) is 0.447. The van der Waals surface area contributed by atoms with Crippen molar-refractivity contribution >= 4 is 34.8 Å². The molecule has 130 valence electrons. The summed E-state index contributed by atoms with van der Waals surface area (Å²) in [5, 5.41) is 2.70. The molecule has 0 spiro atoms. The van der Waals surface area contributed by atoms with E-state index in [1.165, 1.54) is 4.90 Å². The Morgan fingerprint density at radius 2 is 1.50 bits per heavy atom. The lowest BCUT2D eigenvalue weighted by Crippen LogP contribution is -2.67. The molecule has 4 rings (SSSR count). The molecular formula is C20H16N2O3S. The first-order chi connectivity index (χ1) is 12.6. The third-order valence-corrected chi connectivity index (χ3v) is 5.33. The molecule has 0 saturated carbocycles. The molecule has 2 atom stereocenters. The fourth-order valence-corrected chi connectivity index (χ4v) is 3.70. The van der Waals surface area contributed by atoms with E-state index in [1.54, 1.807) is 24.3 Å². The van der Waals surface area contributed by atoms with Crippen LogP contribution in [0.2, 0.25) is 0 Å². The number of carbonyl (C=O) groups excluding carboxylic acids is 3. The molecule has 5 nitrogen and oxygen atoms in total. The standard InChI is InChI=1S/C20H16N2O3S/c23-18-15(10-11-16(26)12-6-2-1-3-7-12)17(21-18)22-19(24)13-8-4-5-9-14(13)20(22)25/h1-9,15,17H,10-11H2,(H,21,23)/t15-,17+/m0/s1. The van der Waals surface area contributed by atoms with Crippen molar-refractivity contribution in [2.24, 2.45) is 5.92 Å². The van der Waals surface area contributed by atoms with Crippen LogP contribution in [0.5, 0.6) is 0 Å². The van der Waals surface area contributed by atoms with E-state index in [0.717, 1.165) is 10.4 Å². The molecule has 0 unspecified atom stereocenters. The lowest BCUT2D eigenvalue weighted by atomic mass is 9.89. The van der Waals surface area contributed by atoms with Gasteiger partial charge in [0.1, 0.15) is 6.17 Å². The maximum Gasteiger partial charge on any atom is 0.263 e. The van der Waals surface area contributed by atoms with E-state index in [1.807, 2.05) is 30.3 Å². The average molecular weight is 364 g/mol. The number of nitrogens with one attached hydrogen (secondary N) is 1. The average Bonchev–Trinajstić information content (AvgIpc) is 2.91. The van der Waals surface area contributed by atoms with Crippen molar-refractivity contribution in [1.29, 1.82) is 0 Å². The minimum Gasteiger partial charge on any atom is -0.334 e. The zero-order valence-electron chi connectivity index (χ0n) is 13.8. The minimum absolute atomic E-state index is 0.151. The van der Waals surface area contributed by atoms with Gasteiger partial charge in [-0.3, -0.25) is 19.3 Å². The molecule has 0 bridgehead atoms. The van der Waals surface area contributed by atoms with Gasteiger partial charge in [-0.15, -0.1) is 0 Å². The predicted octanol–water partition coefficient (Wildman–Crippen LogP) is 2.55. The van der Waals surface area contributed by atoms with Crippen LogP contribution in [0.4, 0.5) is 0 Å². The maximum atomic E-state index is 12.6. The van der Waals surface area contributed by atoms with Crippen LogP contribution in [-0.4, -0.2) is 33.7 Å². The Labute approximate surface area is 156 Å². The first-order valence-electron chi connectivity index (χ1n) is 8.43. The highest BCUT2D eigenvalue weighted by atomic mass is 32.1. The van der Waals surface area contributed by atoms with E-state index in [-0.39, 0.29) is 17.7 Å². The Morgan fingerprint density at radius 3 is 2.08 bits per heavy atom. The van der Waals surface area contributed by atoms with Gasteiger partial charge in [-0.05, 0) is 30.5 Å². The zero-order valence-corrected chi connectivity index (χ0v) is 14.7. The molecule has 2 aliphatic rings. The number of benzene rings is 2. The van der Waals surface area contributed by atoms with Gasteiger partial charge in [-0.1, -0.05) is 54.7 Å². The van der Waals surface area contributed by atoms with Crippen molar-refractivity contribution in [3.8, 4) is 0 Å². The summed E-state index contributed by atoms with van der Waals surface area (Å²) in [6.45, 7) is 0. The molecule has 6 heteroatoms. The second kappa shape index (κ2) is 6.46. The van der Waals surface area contributed by atoms with Crippen LogP contribution in [0.3, 0.4) is 0 Å². The molecule has 3 amide bonds. The third-order valence-electron chi connectivity index (χ3n) is 4.89. The Balaban J connectivity index is 1.47. The summed E-state index contributed by atoms with van der Waals surface area (Å²) in [5.74, 6) is -1.29. The summed E-state index contributed by atoms with van der Waals surface area (Å²) >= 11 is 5.45. The fourth-order valence-electron chi connectivity index (χ4n) is 3.45. The Morgan fingerprint density at radius 1 is 0.923 bits per heavy atom. The summed E-state index contributed by atoms with van der Waals surface area (Å²) in [6, 6.07) is 16.3. The van der Waals surface area contributed by atoms with Crippen LogP contribution in [-0.2, 0) is 4.79 Å². The summed E-state index contributed by atoms with van der Waals surface area (Å²) in [7, 11) is 0. The molecule has 0 radical (unpaired) electrons. The number of imide groups is 1. The molecule has 0 aliphatic carbocycles. The van der Waals surface area contributed by atoms with Crippen molar-refractivity contribution in [3.63, 3.8) is 0 Å². The lowest BCUT2D eigenvalue weighted by molar-refractivity contribution is -0.138. The van der Waals surface area contributed by atoms with Crippen LogP contribution >= 0.6 is 12.2 Å². The topological polar surface area (TPSA) is 66.5 Å². The van der Waals surface area contributed by atoms with E-state index < -0.39 is 12.1 Å². The van der Waals surface area contributed by atoms with E-state index in [0.29, 0.717) is 24.0 Å². The second-order valence-electron chi connectivity index (χ2n) is 6.41. The number of β-lactam (4-membered cyclic amide) rings is 1. The van der Waals surface area contributed by atoms with E-state index in [2.05, 4.69) is 5.32 Å². The van der Waals surface area contributed by atoms with Crippen molar-refractivity contribution in [3.05, 3.63) is 71.3 Å². The van der Waals surface area contributed by atoms with Gasteiger partial charge in [0.25, 0.3) is 11.8 Å². The van der Waals surface area contributed by atoms with Crippen molar-refractivity contribution in [2.75, 3.05) is 0 Å². The summed E-state index contributed by atoms with van der Waals surface area (Å²) in [4.78, 5) is 39.1. The van der Waals surface area contributed by atoms with Crippen LogP contribution in [0, 0.1) is 5.92 Å². The van der Waals surface area contributed by atoms with E-state index in [4.69, 9.17) is 12.2 Å². The summed E-state index contributed by atoms with van der Waals surface area (Å²) < 4.78 is 0. The molecule has 2 aromatic rings. The summed E-state index contributed by atoms with van der Waals surface area (Å²) in [5.41, 5.74) is 1.73. The van der Waals surface area contributed by atoms with Gasteiger partial charge >= 0.3 is 0 Å². The van der Waals surface area contributed by atoms with Crippen LogP contribution in [0.15, 0.2) is 54.6 Å². The monoisotopic (exact) mass is 364 g/mol. The molecule has 2 aliphatic heterocycles. The quantitative estimate of drug-likeness (QED) is 0.383. The van der Waals surface area contributed by atoms with Crippen LogP contribution < -0.4 is 5.32 Å². The first kappa shape index (κ1) is 16.6. The van der Waals surface area contributed by atoms with Crippen LogP contribution in [0.1, 0.15) is 39.1 Å². The smallest absolute Gasteiger partial charge is 0.263 e. The number of rotatable bonds is 5. The van der Waals surface area contributed by atoms with Gasteiger partial charge in [0.15, 0.2) is 0 Å². The molecule has 0 aromatic heterocycles. The molecule has 2 heterocycles. The molecular weight excluding hydrogens is 348 g/mol. The highest BCUT2D eigenvalue weighted by Gasteiger charge is 2.50. The van der Waals surface area contributed by atoms with Gasteiger partial charge in [0, 0.05) is 4.86 Å². The minimum atomic E-state index is -0.603. The predicted molar refractivity (Wildman–Crippen MR) is 99.7 cm³/mol. The van der Waals surface area contributed by atoms with Crippen molar-refractivity contribution in [2.45, 2.75) is 19.0 Å². The van der Waals surface area contributed by atoms with Gasteiger partial charge in [0.2, 0.25) is 5.91 Å². The molecule has 1 N–H and O–H groups in total. The Bertz CT molecular complexity index is 891. The van der Waals surface area contributed by atoms with Gasteiger partial charge in [0.05, 0.1) is 17.0 Å². The molecule has 2 aromatic carbocycles. The van der Waals surface area contributed by atoms with Crippen LogP contribution in [0.25, 0.3) is 0 Å². The lowest BCUT2D eigenvalue weighted by Gasteiger charge is -2.41. The number of hydrogen-bond acceptors (Lipinski definition) is 4. The molecule has 26 heavy (non-hydrogen) atoms.